The molecule has 0 fully saturated rings. The van der Waals surface area contributed by atoms with Gasteiger partial charge in [-0.3, -0.25) is 4.98 Å². The molecule has 0 saturated heterocycles. The predicted octanol–water partition coefficient (Wildman–Crippen LogP) is 5.01. The van der Waals surface area contributed by atoms with Crippen molar-refractivity contribution in [1.29, 1.82) is 0 Å². The van der Waals surface area contributed by atoms with Crippen molar-refractivity contribution in [1.82, 2.24) is 15.0 Å². The van der Waals surface area contributed by atoms with E-state index in [1.807, 2.05) is 30.5 Å². The maximum atomic E-state index is 5.29. The largest absolute Gasteiger partial charge is 0.497 e. The Morgan fingerprint density at radius 1 is 0.800 bits per heavy atom. The SMILES string of the molecule is COc1ccc(CN(Cc2ccc(OC)cc2)c2ncnc3c(Br)cncc23)cc1. The highest BCUT2D eigenvalue weighted by molar-refractivity contribution is 9.10. The summed E-state index contributed by atoms with van der Waals surface area (Å²) in [5, 5.41) is 0.897. The van der Waals surface area contributed by atoms with Crippen LogP contribution >= 0.6 is 15.9 Å². The first-order valence-electron chi connectivity index (χ1n) is 9.43. The molecule has 2 aromatic heterocycles. The molecule has 0 spiro atoms. The minimum atomic E-state index is 0.675. The molecular weight excluding hydrogens is 444 g/mol. The number of benzene rings is 2. The van der Waals surface area contributed by atoms with E-state index in [4.69, 9.17) is 9.47 Å². The maximum Gasteiger partial charge on any atom is 0.142 e. The van der Waals surface area contributed by atoms with E-state index in [9.17, 15) is 0 Å². The third kappa shape index (κ3) is 4.36. The van der Waals surface area contributed by atoms with Gasteiger partial charge in [0, 0.05) is 25.5 Å². The van der Waals surface area contributed by atoms with Crippen LogP contribution in [0.25, 0.3) is 10.9 Å². The molecule has 0 aliphatic carbocycles. The van der Waals surface area contributed by atoms with E-state index in [1.165, 1.54) is 0 Å². The van der Waals surface area contributed by atoms with Crippen molar-refractivity contribution >= 4 is 32.7 Å². The normalized spacial score (nSPS) is 10.8. The van der Waals surface area contributed by atoms with Gasteiger partial charge in [0.2, 0.25) is 0 Å². The number of methoxy groups -OCH3 is 2. The van der Waals surface area contributed by atoms with Gasteiger partial charge in [-0.1, -0.05) is 24.3 Å². The number of aromatic nitrogens is 3. The summed E-state index contributed by atoms with van der Waals surface area (Å²) in [5.41, 5.74) is 3.14. The number of hydrogen-bond donors (Lipinski definition) is 0. The predicted molar refractivity (Wildman–Crippen MR) is 121 cm³/mol. The van der Waals surface area contributed by atoms with Gasteiger partial charge in [-0.15, -0.1) is 0 Å². The van der Waals surface area contributed by atoms with Crippen molar-refractivity contribution < 1.29 is 9.47 Å². The van der Waals surface area contributed by atoms with Gasteiger partial charge in [-0.25, -0.2) is 9.97 Å². The zero-order valence-electron chi connectivity index (χ0n) is 16.7. The Bertz CT molecular complexity index is 1080. The highest BCUT2D eigenvalue weighted by Gasteiger charge is 2.16. The zero-order valence-corrected chi connectivity index (χ0v) is 18.3. The standard InChI is InChI=1S/C23H21BrN4O2/c1-29-18-7-3-16(4-8-18)13-28(14-17-5-9-19(30-2)10-6-17)23-20-11-25-12-21(24)22(20)26-15-27-23/h3-12,15H,13-14H2,1-2H3. The Labute approximate surface area is 183 Å². The van der Waals surface area contributed by atoms with Crippen LogP contribution in [0.1, 0.15) is 11.1 Å². The minimum absolute atomic E-state index is 0.675. The molecule has 30 heavy (non-hydrogen) atoms. The van der Waals surface area contributed by atoms with Crippen LogP contribution in [-0.2, 0) is 13.1 Å². The lowest BCUT2D eigenvalue weighted by Gasteiger charge is -2.25. The molecular formula is C23H21BrN4O2. The third-order valence-electron chi connectivity index (χ3n) is 4.85. The quantitative estimate of drug-likeness (QED) is 0.383. The van der Waals surface area contributed by atoms with E-state index >= 15 is 0 Å². The molecule has 0 atom stereocenters. The Balaban J connectivity index is 1.73. The average Bonchev–Trinajstić information content (AvgIpc) is 2.79. The number of rotatable bonds is 7. The summed E-state index contributed by atoms with van der Waals surface area (Å²) in [6.07, 6.45) is 5.15. The first-order chi connectivity index (χ1) is 14.7. The third-order valence-corrected chi connectivity index (χ3v) is 5.43. The van der Waals surface area contributed by atoms with Gasteiger partial charge in [-0.2, -0.15) is 0 Å². The second-order valence-corrected chi connectivity index (χ2v) is 7.62. The first kappa shape index (κ1) is 20.1. The molecule has 6 nitrogen and oxygen atoms in total. The summed E-state index contributed by atoms with van der Waals surface area (Å²) in [6, 6.07) is 16.1. The number of fused-ring (bicyclic) bond motifs is 1. The summed E-state index contributed by atoms with van der Waals surface area (Å²) in [4.78, 5) is 15.6. The van der Waals surface area contributed by atoms with Crippen LogP contribution in [0.3, 0.4) is 0 Å². The summed E-state index contributed by atoms with van der Waals surface area (Å²) >= 11 is 3.55. The fraction of sp³-hybridized carbons (Fsp3) is 0.174. The van der Waals surface area contributed by atoms with Crippen LogP contribution < -0.4 is 14.4 Å². The van der Waals surface area contributed by atoms with Crippen LogP contribution in [0.15, 0.2) is 71.7 Å². The first-order valence-corrected chi connectivity index (χ1v) is 10.2. The highest BCUT2D eigenvalue weighted by Crippen LogP contribution is 2.29. The van der Waals surface area contributed by atoms with E-state index in [0.717, 1.165) is 43.8 Å². The molecule has 7 heteroatoms. The molecule has 0 aliphatic rings. The molecule has 2 heterocycles. The number of nitrogens with zero attached hydrogens (tertiary/aromatic N) is 4. The Morgan fingerprint density at radius 2 is 1.37 bits per heavy atom. The molecule has 2 aromatic carbocycles. The van der Waals surface area contributed by atoms with E-state index in [-0.39, 0.29) is 0 Å². The van der Waals surface area contributed by atoms with Gasteiger partial charge < -0.3 is 14.4 Å². The molecule has 4 rings (SSSR count). The van der Waals surface area contributed by atoms with Gasteiger partial charge in [0.1, 0.15) is 23.6 Å². The van der Waals surface area contributed by atoms with Crippen molar-refractivity contribution in [2.75, 3.05) is 19.1 Å². The van der Waals surface area contributed by atoms with E-state index in [2.05, 4.69) is 60.0 Å². The van der Waals surface area contributed by atoms with Crippen molar-refractivity contribution in [2.24, 2.45) is 0 Å². The monoisotopic (exact) mass is 464 g/mol. The Hall–Kier alpha value is -3.19. The molecule has 0 aliphatic heterocycles. The van der Waals surface area contributed by atoms with E-state index in [1.54, 1.807) is 26.7 Å². The van der Waals surface area contributed by atoms with Gasteiger partial charge >= 0.3 is 0 Å². The molecule has 0 N–H and O–H groups in total. The molecule has 0 bridgehead atoms. The van der Waals surface area contributed by atoms with Crippen molar-refractivity contribution in [3.63, 3.8) is 0 Å². The smallest absolute Gasteiger partial charge is 0.142 e. The summed E-state index contributed by atoms with van der Waals surface area (Å²) in [6.45, 7) is 1.35. The minimum Gasteiger partial charge on any atom is -0.497 e. The number of halogens is 1. The Morgan fingerprint density at radius 3 is 1.90 bits per heavy atom. The molecule has 4 aromatic rings. The Kier molecular flexibility index (Phi) is 6.09. The molecule has 152 valence electrons. The fourth-order valence-electron chi connectivity index (χ4n) is 3.29. The lowest BCUT2D eigenvalue weighted by Crippen LogP contribution is -2.23. The van der Waals surface area contributed by atoms with Crippen LogP contribution in [-0.4, -0.2) is 29.2 Å². The van der Waals surface area contributed by atoms with Gasteiger partial charge in [0.25, 0.3) is 0 Å². The van der Waals surface area contributed by atoms with E-state index in [0.29, 0.717) is 13.1 Å². The van der Waals surface area contributed by atoms with Crippen molar-refractivity contribution in [3.05, 3.63) is 82.9 Å². The summed E-state index contributed by atoms with van der Waals surface area (Å²) in [7, 11) is 3.34. The number of anilines is 1. The average molecular weight is 465 g/mol. The number of pyridine rings is 1. The van der Waals surface area contributed by atoms with E-state index < -0.39 is 0 Å². The lowest BCUT2D eigenvalue weighted by molar-refractivity contribution is 0.414. The second kappa shape index (κ2) is 9.09. The molecule has 0 saturated carbocycles. The van der Waals surface area contributed by atoms with Gasteiger partial charge in [0.15, 0.2) is 0 Å². The topological polar surface area (TPSA) is 60.4 Å². The van der Waals surface area contributed by atoms with Crippen LogP contribution in [0.4, 0.5) is 5.82 Å². The molecule has 0 radical (unpaired) electrons. The fourth-order valence-corrected chi connectivity index (χ4v) is 3.73. The van der Waals surface area contributed by atoms with Crippen LogP contribution in [0.5, 0.6) is 11.5 Å². The lowest BCUT2D eigenvalue weighted by atomic mass is 10.1. The van der Waals surface area contributed by atoms with Crippen LogP contribution in [0.2, 0.25) is 0 Å². The maximum absolute atomic E-state index is 5.29. The zero-order chi connectivity index (χ0) is 20.9. The second-order valence-electron chi connectivity index (χ2n) is 6.77. The molecule has 0 unspecified atom stereocenters. The van der Waals surface area contributed by atoms with Gasteiger partial charge in [0.05, 0.1) is 29.6 Å². The van der Waals surface area contributed by atoms with Crippen molar-refractivity contribution in [3.8, 4) is 11.5 Å². The van der Waals surface area contributed by atoms with Crippen LogP contribution in [0, 0.1) is 0 Å². The number of hydrogen-bond acceptors (Lipinski definition) is 6. The summed E-state index contributed by atoms with van der Waals surface area (Å²) < 4.78 is 11.4. The van der Waals surface area contributed by atoms with Gasteiger partial charge in [-0.05, 0) is 51.3 Å². The van der Waals surface area contributed by atoms with Crippen molar-refractivity contribution in [2.45, 2.75) is 13.1 Å². The number of ether oxygens (including phenoxy) is 2. The molecule has 0 amide bonds. The summed E-state index contributed by atoms with van der Waals surface area (Å²) in [5.74, 6) is 2.50. The highest BCUT2D eigenvalue weighted by atomic mass is 79.9.